The highest BCUT2D eigenvalue weighted by atomic mass is 79.9. The minimum atomic E-state index is 0.0563. The maximum atomic E-state index is 12.5. The summed E-state index contributed by atoms with van der Waals surface area (Å²) in [6.45, 7) is 3.38. The molecule has 0 radical (unpaired) electrons. The number of nitrogens with zero attached hydrogens (tertiary/aromatic N) is 3. The predicted octanol–water partition coefficient (Wildman–Crippen LogP) is 2.98. The Morgan fingerprint density at radius 1 is 1.09 bits per heavy atom. The molecule has 1 aromatic heterocycles. The molecular formula is C17H19BrN4O. The third kappa shape index (κ3) is 4.09. The average Bonchev–Trinajstić information content (AvgIpc) is 2.58. The maximum Gasteiger partial charge on any atom is 0.255 e. The van der Waals surface area contributed by atoms with E-state index in [4.69, 9.17) is 0 Å². The molecule has 0 saturated carbocycles. The van der Waals surface area contributed by atoms with E-state index < -0.39 is 0 Å². The quantitative estimate of drug-likeness (QED) is 0.896. The molecule has 0 spiro atoms. The number of likely N-dealkylation sites (N-methyl/N-ethyl adjacent to an activating group) is 1. The van der Waals surface area contributed by atoms with E-state index in [1.54, 1.807) is 6.20 Å². The van der Waals surface area contributed by atoms with Crippen LogP contribution in [0.2, 0.25) is 0 Å². The van der Waals surface area contributed by atoms with Crippen LogP contribution in [0.3, 0.4) is 0 Å². The molecule has 1 fully saturated rings. The van der Waals surface area contributed by atoms with E-state index in [2.05, 4.69) is 38.2 Å². The van der Waals surface area contributed by atoms with E-state index in [0.29, 0.717) is 5.56 Å². The van der Waals surface area contributed by atoms with Gasteiger partial charge in [-0.2, -0.15) is 0 Å². The second-order valence-corrected chi connectivity index (χ2v) is 6.58. The lowest BCUT2D eigenvalue weighted by molar-refractivity contribution is 0.0663. The molecule has 0 bridgehead atoms. The molecule has 0 unspecified atom stereocenters. The van der Waals surface area contributed by atoms with Gasteiger partial charge in [0.1, 0.15) is 5.82 Å². The van der Waals surface area contributed by atoms with Crippen LogP contribution < -0.4 is 5.32 Å². The molecule has 3 rings (SSSR count). The number of aromatic nitrogens is 1. The zero-order valence-electron chi connectivity index (χ0n) is 13.0. The number of benzene rings is 1. The monoisotopic (exact) mass is 374 g/mol. The molecule has 23 heavy (non-hydrogen) atoms. The number of amides is 1. The predicted molar refractivity (Wildman–Crippen MR) is 95.1 cm³/mol. The summed E-state index contributed by atoms with van der Waals surface area (Å²) in [5.41, 5.74) is 1.59. The molecule has 0 atom stereocenters. The van der Waals surface area contributed by atoms with E-state index in [0.717, 1.165) is 42.2 Å². The van der Waals surface area contributed by atoms with Gasteiger partial charge < -0.3 is 15.1 Å². The average molecular weight is 375 g/mol. The summed E-state index contributed by atoms with van der Waals surface area (Å²) >= 11 is 3.41. The van der Waals surface area contributed by atoms with Crippen LogP contribution in [0.15, 0.2) is 47.1 Å². The molecule has 2 heterocycles. The molecule has 1 amide bonds. The number of carbonyl (C=O) groups excluding carboxylic acids is 1. The highest BCUT2D eigenvalue weighted by Crippen LogP contribution is 2.18. The van der Waals surface area contributed by atoms with Gasteiger partial charge in [0.2, 0.25) is 0 Å². The first-order valence-electron chi connectivity index (χ1n) is 7.58. The van der Waals surface area contributed by atoms with Gasteiger partial charge in [-0.05, 0) is 43.4 Å². The van der Waals surface area contributed by atoms with Gasteiger partial charge in [0.25, 0.3) is 5.91 Å². The molecule has 1 saturated heterocycles. The number of anilines is 2. The molecule has 1 N–H and O–H groups in total. The molecule has 1 aliphatic rings. The summed E-state index contributed by atoms with van der Waals surface area (Å²) in [5, 5.41) is 3.22. The van der Waals surface area contributed by atoms with Crippen LogP contribution in [-0.2, 0) is 0 Å². The Hall–Kier alpha value is -1.92. The van der Waals surface area contributed by atoms with E-state index in [1.165, 1.54) is 0 Å². The lowest BCUT2D eigenvalue weighted by Gasteiger charge is -2.32. The first kappa shape index (κ1) is 16.0. The van der Waals surface area contributed by atoms with Crippen molar-refractivity contribution in [3.63, 3.8) is 0 Å². The third-order valence-corrected chi connectivity index (χ3v) is 4.45. The number of nitrogens with one attached hydrogen (secondary N) is 1. The third-order valence-electron chi connectivity index (χ3n) is 3.92. The highest BCUT2D eigenvalue weighted by molar-refractivity contribution is 9.10. The van der Waals surface area contributed by atoms with Gasteiger partial charge in [0.05, 0.1) is 5.56 Å². The molecule has 5 nitrogen and oxygen atoms in total. The van der Waals surface area contributed by atoms with Crippen molar-refractivity contribution in [3.05, 3.63) is 52.6 Å². The summed E-state index contributed by atoms with van der Waals surface area (Å²) in [7, 11) is 2.08. The van der Waals surface area contributed by atoms with Crippen molar-refractivity contribution in [1.29, 1.82) is 0 Å². The van der Waals surface area contributed by atoms with Crippen molar-refractivity contribution in [2.75, 3.05) is 38.5 Å². The van der Waals surface area contributed by atoms with Crippen LogP contribution in [0.5, 0.6) is 0 Å². The number of piperazine rings is 1. The largest absolute Gasteiger partial charge is 0.340 e. The fourth-order valence-electron chi connectivity index (χ4n) is 2.47. The lowest BCUT2D eigenvalue weighted by atomic mass is 10.2. The Bertz CT molecular complexity index is 664. The van der Waals surface area contributed by atoms with E-state index in [9.17, 15) is 4.79 Å². The van der Waals surface area contributed by atoms with Crippen molar-refractivity contribution >= 4 is 33.3 Å². The smallest absolute Gasteiger partial charge is 0.255 e. The van der Waals surface area contributed by atoms with E-state index >= 15 is 0 Å². The van der Waals surface area contributed by atoms with Gasteiger partial charge in [-0.15, -0.1) is 0 Å². The van der Waals surface area contributed by atoms with Crippen LogP contribution in [0.25, 0.3) is 0 Å². The molecule has 0 aliphatic carbocycles. The number of hydrogen-bond donors (Lipinski definition) is 1. The fraction of sp³-hybridized carbons (Fsp3) is 0.294. The van der Waals surface area contributed by atoms with Gasteiger partial charge in [-0.25, -0.2) is 4.98 Å². The van der Waals surface area contributed by atoms with Gasteiger partial charge >= 0.3 is 0 Å². The topological polar surface area (TPSA) is 48.5 Å². The van der Waals surface area contributed by atoms with Gasteiger partial charge in [0, 0.05) is 42.5 Å². The van der Waals surface area contributed by atoms with Crippen molar-refractivity contribution in [1.82, 2.24) is 14.8 Å². The second-order valence-electron chi connectivity index (χ2n) is 5.66. The molecule has 1 aromatic carbocycles. The Morgan fingerprint density at radius 3 is 2.39 bits per heavy atom. The van der Waals surface area contributed by atoms with Gasteiger partial charge in [0.15, 0.2) is 0 Å². The number of rotatable bonds is 3. The normalized spacial score (nSPS) is 15.5. The number of hydrogen-bond acceptors (Lipinski definition) is 4. The van der Waals surface area contributed by atoms with Crippen molar-refractivity contribution in [2.24, 2.45) is 0 Å². The van der Waals surface area contributed by atoms with Crippen LogP contribution in [0.4, 0.5) is 11.5 Å². The highest BCUT2D eigenvalue weighted by Gasteiger charge is 2.20. The van der Waals surface area contributed by atoms with Gasteiger partial charge in [-0.3, -0.25) is 4.79 Å². The summed E-state index contributed by atoms with van der Waals surface area (Å²) in [4.78, 5) is 20.9. The molecule has 1 aliphatic heterocycles. The lowest BCUT2D eigenvalue weighted by Crippen LogP contribution is -2.47. The van der Waals surface area contributed by atoms with Crippen molar-refractivity contribution in [2.45, 2.75) is 0 Å². The molecule has 120 valence electrons. The van der Waals surface area contributed by atoms with E-state index in [1.807, 2.05) is 41.3 Å². The van der Waals surface area contributed by atoms with Gasteiger partial charge in [-0.1, -0.05) is 15.9 Å². The summed E-state index contributed by atoms with van der Waals surface area (Å²) in [6, 6.07) is 11.5. The van der Waals surface area contributed by atoms with Crippen LogP contribution >= 0.6 is 15.9 Å². The number of carbonyl (C=O) groups is 1. The van der Waals surface area contributed by atoms with Crippen molar-refractivity contribution in [3.8, 4) is 0 Å². The Labute approximate surface area is 144 Å². The number of pyridine rings is 1. The van der Waals surface area contributed by atoms with E-state index in [-0.39, 0.29) is 5.91 Å². The summed E-state index contributed by atoms with van der Waals surface area (Å²) in [6.07, 6.45) is 1.64. The Kier molecular flexibility index (Phi) is 4.93. The summed E-state index contributed by atoms with van der Waals surface area (Å²) in [5.74, 6) is 0.781. The minimum Gasteiger partial charge on any atom is -0.340 e. The Balaban J connectivity index is 1.64. The molecule has 6 heteroatoms. The fourth-order valence-corrected chi connectivity index (χ4v) is 2.73. The first-order valence-corrected chi connectivity index (χ1v) is 8.37. The number of halogens is 1. The van der Waals surface area contributed by atoms with Crippen LogP contribution in [0.1, 0.15) is 10.4 Å². The van der Waals surface area contributed by atoms with Crippen LogP contribution in [0, 0.1) is 0 Å². The zero-order chi connectivity index (χ0) is 16.2. The first-order chi connectivity index (χ1) is 11.1. The molecular weight excluding hydrogens is 356 g/mol. The SMILES string of the molecule is CN1CCN(C(=O)c2ccc(Nc3ccc(Br)cc3)nc2)CC1. The maximum absolute atomic E-state index is 12.5. The molecule has 2 aromatic rings. The second kappa shape index (κ2) is 7.10. The van der Waals surface area contributed by atoms with Crippen molar-refractivity contribution < 1.29 is 4.79 Å². The Morgan fingerprint density at radius 2 is 1.78 bits per heavy atom. The zero-order valence-corrected chi connectivity index (χ0v) is 14.6. The van der Waals surface area contributed by atoms with Crippen LogP contribution in [-0.4, -0.2) is 53.9 Å². The standard InChI is InChI=1S/C17H19BrN4O/c1-21-8-10-22(11-9-21)17(23)13-2-7-16(19-12-13)20-15-5-3-14(18)4-6-15/h2-7,12H,8-11H2,1H3,(H,19,20). The summed E-state index contributed by atoms with van der Waals surface area (Å²) < 4.78 is 1.03. The minimum absolute atomic E-state index is 0.0563.